The van der Waals surface area contributed by atoms with Crippen LogP contribution in [0.5, 0.6) is 0 Å². The van der Waals surface area contributed by atoms with Gasteiger partial charge in [-0.1, -0.05) is 44.2 Å². The number of aromatic nitrogens is 2. The Kier molecular flexibility index (Phi) is 6.69. The van der Waals surface area contributed by atoms with Crippen molar-refractivity contribution in [3.05, 3.63) is 59.4 Å². The number of fused-ring (bicyclic) bond motifs is 1. The van der Waals surface area contributed by atoms with Gasteiger partial charge in [0, 0.05) is 11.1 Å². The summed E-state index contributed by atoms with van der Waals surface area (Å²) in [5, 5.41) is 9.60. The highest BCUT2D eigenvalue weighted by Gasteiger charge is 2.21. The van der Waals surface area contributed by atoms with Crippen molar-refractivity contribution in [2.75, 3.05) is 10.6 Å². The second kappa shape index (κ2) is 9.42. The van der Waals surface area contributed by atoms with E-state index in [4.69, 9.17) is 5.73 Å². The number of hydrogen-bond acceptors (Lipinski definition) is 5. The molecule has 0 aliphatic heterocycles. The summed E-state index contributed by atoms with van der Waals surface area (Å²) in [6.45, 7) is 7.82. The molecule has 31 heavy (non-hydrogen) atoms. The van der Waals surface area contributed by atoms with Crippen LogP contribution in [0.25, 0.3) is 10.9 Å². The maximum atomic E-state index is 12.4. The molecule has 0 radical (unpaired) electrons. The average Bonchev–Trinajstić information content (AvgIpc) is 2.72. The van der Waals surface area contributed by atoms with Crippen molar-refractivity contribution in [3.8, 4) is 0 Å². The van der Waals surface area contributed by atoms with E-state index in [1.54, 1.807) is 0 Å². The lowest BCUT2D eigenvalue weighted by atomic mass is 10.0. The molecule has 0 spiro atoms. The van der Waals surface area contributed by atoms with Crippen molar-refractivity contribution in [2.45, 2.75) is 40.3 Å². The molecule has 3 rings (SSSR count). The molecule has 0 unspecified atom stereocenters. The van der Waals surface area contributed by atoms with Crippen molar-refractivity contribution in [3.63, 3.8) is 0 Å². The summed E-state index contributed by atoms with van der Waals surface area (Å²) in [5.74, 6) is 0.459. The number of carbonyl (C=O) groups is 2. The van der Waals surface area contributed by atoms with Gasteiger partial charge in [-0.15, -0.1) is 0 Å². The molecule has 8 nitrogen and oxygen atoms in total. The minimum Gasteiger partial charge on any atom is -0.368 e. The van der Waals surface area contributed by atoms with E-state index < -0.39 is 11.9 Å². The standard InChI is InChI=1S/C23H28N6O2/c1-13(2)19(21(24)30)28-22-16-10-5-6-11-17(16)26-18(27-22)12-25-23(31)29-20-14(3)8-7-9-15(20)4/h5-11,13,19H,12H2,1-4H3,(H2,24,30)(H2,25,29,31)(H,26,27,28)/t19-/m0/s1. The van der Waals surface area contributed by atoms with Gasteiger partial charge >= 0.3 is 6.03 Å². The van der Waals surface area contributed by atoms with E-state index >= 15 is 0 Å². The van der Waals surface area contributed by atoms with Crippen LogP contribution in [0.2, 0.25) is 0 Å². The third-order valence-electron chi connectivity index (χ3n) is 5.04. The molecule has 0 saturated heterocycles. The van der Waals surface area contributed by atoms with Crippen LogP contribution in [0.4, 0.5) is 16.3 Å². The van der Waals surface area contributed by atoms with Crippen LogP contribution in [0.15, 0.2) is 42.5 Å². The number of nitrogens with one attached hydrogen (secondary N) is 3. The molecule has 8 heteroatoms. The molecular weight excluding hydrogens is 392 g/mol. The Morgan fingerprint density at radius 2 is 1.68 bits per heavy atom. The van der Waals surface area contributed by atoms with E-state index in [-0.39, 0.29) is 18.5 Å². The first-order chi connectivity index (χ1) is 14.8. The average molecular weight is 421 g/mol. The Morgan fingerprint density at radius 1 is 1.00 bits per heavy atom. The number of anilines is 2. The topological polar surface area (TPSA) is 122 Å². The van der Waals surface area contributed by atoms with Crippen molar-refractivity contribution < 1.29 is 9.59 Å². The lowest BCUT2D eigenvalue weighted by molar-refractivity contribution is -0.119. The number of urea groups is 1. The zero-order valence-corrected chi connectivity index (χ0v) is 18.2. The van der Waals surface area contributed by atoms with Crippen LogP contribution >= 0.6 is 0 Å². The molecule has 0 saturated carbocycles. The van der Waals surface area contributed by atoms with E-state index in [1.807, 2.05) is 70.2 Å². The van der Waals surface area contributed by atoms with Gasteiger partial charge in [0.1, 0.15) is 11.9 Å². The van der Waals surface area contributed by atoms with Crippen molar-refractivity contribution in [1.29, 1.82) is 0 Å². The minimum absolute atomic E-state index is 0.0177. The lowest BCUT2D eigenvalue weighted by Crippen LogP contribution is -2.40. The van der Waals surface area contributed by atoms with Crippen molar-refractivity contribution in [2.24, 2.45) is 11.7 Å². The van der Waals surface area contributed by atoms with Gasteiger partial charge in [0.25, 0.3) is 0 Å². The Morgan fingerprint density at radius 3 is 2.32 bits per heavy atom. The monoisotopic (exact) mass is 420 g/mol. The fraction of sp³-hybridized carbons (Fsp3) is 0.304. The maximum absolute atomic E-state index is 12.4. The Bertz CT molecular complexity index is 1090. The van der Waals surface area contributed by atoms with Crippen LogP contribution in [0.1, 0.15) is 30.8 Å². The summed E-state index contributed by atoms with van der Waals surface area (Å²) in [6, 6.07) is 12.4. The SMILES string of the molecule is Cc1cccc(C)c1NC(=O)NCc1nc(N[C@H](C(N)=O)C(C)C)c2ccccc2n1. The molecule has 1 aromatic heterocycles. The number of rotatable bonds is 7. The number of nitrogens with two attached hydrogens (primary N) is 1. The van der Waals surface area contributed by atoms with Gasteiger partial charge in [-0.3, -0.25) is 4.79 Å². The second-order valence-corrected chi connectivity index (χ2v) is 7.85. The van der Waals surface area contributed by atoms with E-state index in [0.717, 1.165) is 22.2 Å². The first kappa shape index (κ1) is 22.0. The molecule has 0 aliphatic carbocycles. The van der Waals surface area contributed by atoms with Gasteiger partial charge in [0.05, 0.1) is 12.1 Å². The summed E-state index contributed by atoms with van der Waals surface area (Å²) in [4.78, 5) is 33.4. The van der Waals surface area contributed by atoms with Gasteiger partial charge < -0.3 is 21.7 Å². The van der Waals surface area contributed by atoms with Gasteiger partial charge in [0.2, 0.25) is 5.91 Å². The predicted octanol–water partition coefficient (Wildman–Crippen LogP) is 3.49. The Balaban J connectivity index is 1.81. The highest BCUT2D eigenvalue weighted by Crippen LogP contribution is 2.22. The number of carbonyl (C=O) groups excluding carboxylic acids is 2. The van der Waals surface area contributed by atoms with Gasteiger partial charge in [-0.05, 0) is 43.0 Å². The molecule has 1 atom stereocenters. The van der Waals surface area contributed by atoms with Crippen LogP contribution in [0, 0.1) is 19.8 Å². The number of para-hydroxylation sites is 2. The number of nitrogens with zero attached hydrogens (tertiary/aromatic N) is 2. The fourth-order valence-electron chi connectivity index (χ4n) is 3.36. The van der Waals surface area contributed by atoms with Crippen molar-refractivity contribution >= 4 is 34.3 Å². The van der Waals surface area contributed by atoms with Gasteiger partial charge in [-0.25, -0.2) is 14.8 Å². The van der Waals surface area contributed by atoms with Gasteiger partial charge in [-0.2, -0.15) is 0 Å². The number of hydrogen-bond donors (Lipinski definition) is 4. The fourth-order valence-corrected chi connectivity index (χ4v) is 3.36. The predicted molar refractivity (Wildman–Crippen MR) is 123 cm³/mol. The summed E-state index contributed by atoms with van der Waals surface area (Å²) in [6.07, 6.45) is 0. The van der Waals surface area contributed by atoms with E-state index in [0.29, 0.717) is 17.2 Å². The highest BCUT2D eigenvalue weighted by atomic mass is 16.2. The lowest BCUT2D eigenvalue weighted by Gasteiger charge is -2.21. The molecule has 3 aromatic rings. The molecule has 3 amide bonds. The quantitative estimate of drug-likeness (QED) is 0.466. The van der Waals surface area contributed by atoms with E-state index in [9.17, 15) is 9.59 Å². The summed E-state index contributed by atoms with van der Waals surface area (Å²) in [5.41, 5.74) is 9.00. The van der Waals surface area contributed by atoms with Crippen LogP contribution in [-0.2, 0) is 11.3 Å². The van der Waals surface area contributed by atoms with Crippen molar-refractivity contribution in [1.82, 2.24) is 15.3 Å². The third kappa shape index (κ3) is 5.28. The molecule has 0 bridgehead atoms. The highest BCUT2D eigenvalue weighted by molar-refractivity contribution is 5.92. The summed E-state index contributed by atoms with van der Waals surface area (Å²) in [7, 11) is 0. The van der Waals surface area contributed by atoms with Crippen LogP contribution in [0.3, 0.4) is 0 Å². The molecule has 5 N–H and O–H groups in total. The Hall–Kier alpha value is -3.68. The number of benzene rings is 2. The normalized spacial score (nSPS) is 11.9. The summed E-state index contributed by atoms with van der Waals surface area (Å²) >= 11 is 0. The first-order valence-electron chi connectivity index (χ1n) is 10.2. The molecule has 2 aromatic carbocycles. The molecule has 162 valence electrons. The molecular formula is C23H28N6O2. The largest absolute Gasteiger partial charge is 0.368 e. The van der Waals surface area contributed by atoms with E-state index in [1.165, 1.54) is 0 Å². The molecule has 0 fully saturated rings. The maximum Gasteiger partial charge on any atom is 0.319 e. The third-order valence-corrected chi connectivity index (χ3v) is 5.04. The van der Waals surface area contributed by atoms with E-state index in [2.05, 4.69) is 25.9 Å². The smallest absolute Gasteiger partial charge is 0.319 e. The van der Waals surface area contributed by atoms with Crippen LogP contribution in [-0.4, -0.2) is 27.9 Å². The number of amides is 3. The molecule has 1 heterocycles. The van der Waals surface area contributed by atoms with Gasteiger partial charge in [0.15, 0.2) is 5.82 Å². The zero-order valence-electron chi connectivity index (χ0n) is 18.2. The zero-order chi connectivity index (χ0) is 22.5. The Labute approximate surface area is 181 Å². The number of primary amides is 1. The van der Waals surface area contributed by atoms with Crippen LogP contribution < -0.4 is 21.7 Å². The summed E-state index contributed by atoms with van der Waals surface area (Å²) < 4.78 is 0. The minimum atomic E-state index is -0.577. The number of aryl methyl sites for hydroxylation is 2. The second-order valence-electron chi connectivity index (χ2n) is 7.85. The molecule has 0 aliphatic rings. The first-order valence-corrected chi connectivity index (χ1v) is 10.2.